The van der Waals surface area contributed by atoms with Crippen LogP contribution in [0.1, 0.15) is 110 Å². The van der Waals surface area contributed by atoms with E-state index in [2.05, 4.69) is 39.8 Å². The van der Waals surface area contributed by atoms with Gasteiger partial charge in [0.15, 0.2) is 0 Å². The third kappa shape index (κ3) is 16.4. The first-order chi connectivity index (χ1) is 11.2. The van der Waals surface area contributed by atoms with Crippen molar-refractivity contribution in [3.8, 4) is 0 Å². The standard InChI is InChI=1S/C23H44/c1-5-7-9-11-12-13-14-15-17-19-21-23(22(3)4)20-18-16-10-8-6-2/h19,21-23H,1-2,5-18,20H2,3-4H3/b21-19+. The Morgan fingerprint density at radius 3 is 1.65 bits per heavy atom. The molecule has 0 aliphatic rings. The molecular weight excluding hydrogens is 276 g/mol. The maximum Gasteiger partial charge on any atom is -0.0210 e. The van der Waals surface area contributed by atoms with Gasteiger partial charge in [0.25, 0.3) is 0 Å². The van der Waals surface area contributed by atoms with Crippen LogP contribution in [0.25, 0.3) is 0 Å². The summed E-state index contributed by atoms with van der Waals surface area (Å²) in [6, 6.07) is 0. The van der Waals surface area contributed by atoms with Gasteiger partial charge in [-0.2, -0.15) is 0 Å². The molecule has 0 aromatic carbocycles. The topological polar surface area (TPSA) is 0 Å². The van der Waals surface area contributed by atoms with Crippen LogP contribution in [-0.2, 0) is 0 Å². The fourth-order valence-electron chi connectivity index (χ4n) is 3.16. The lowest BCUT2D eigenvalue weighted by atomic mass is 9.89. The molecule has 0 heteroatoms. The smallest absolute Gasteiger partial charge is 0.0210 e. The molecule has 0 bridgehead atoms. The maximum absolute atomic E-state index is 3.92. The van der Waals surface area contributed by atoms with Crippen LogP contribution in [0.5, 0.6) is 0 Å². The summed E-state index contributed by atoms with van der Waals surface area (Å²) < 4.78 is 0. The SMILES string of the molecule is [CH2]CCCCCCCCC/C=C/C(CCCCCC[CH2])C(C)C. The Hall–Kier alpha value is -0.260. The molecule has 0 spiro atoms. The van der Waals surface area contributed by atoms with Crippen LogP contribution in [0.4, 0.5) is 0 Å². The number of hydrogen-bond acceptors (Lipinski definition) is 0. The fourth-order valence-corrected chi connectivity index (χ4v) is 3.16. The molecule has 2 radical (unpaired) electrons. The minimum atomic E-state index is 0.784. The predicted molar refractivity (Wildman–Crippen MR) is 107 cm³/mol. The van der Waals surface area contributed by atoms with Gasteiger partial charge < -0.3 is 0 Å². The van der Waals surface area contributed by atoms with E-state index in [1.165, 1.54) is 83.5 Å². The summed E-state index contributed by atoms with van der Waals surface area (Å²) in [6.07, 6.45) is 25.0. The van der Waals surface area contributed by atoms with Gasteiger partial charge in [0.1, 0.15) is 0 Å². The second kappa shape index (κ2) is 18.1. The third-order valence-corrected chi connectivity index (χ3v) is 4.90. The maximum atomic E-state index is 3.92. The lowest BCUT2D eigenvalue weighted by Crippen LogP contribution is -2.05. The summed E-state index contributed by atoms with van der Waals surface area (Å²) in [6.45, 7) is 12.6. The van der Waals surface area contributed by atoms with Crippen molar-refractivity contribution in [2.45, 2.75) is 110 Å². The Labute approximate surface area is 148 Å². The second-order valence-corrected chi connectivity index (χ2v) is 7.51. The van der Waals surface area contributed by atoms with Crippen LogP contribution < -0.4 is 0 Å². The van der Waals surface area contributed by atoms with Gasteiger partial charge in [-0.1, -0.05) is 117 Å². The highest BCUT2D eigenvalue weighted by atomic mass is 14.1. The van der Waals surface area contributed by atoms with E-state index in [-0.39, 0.29) is 0 Å². The van der Waals surface area contributed by atoms with Gasteiger partial charge in [-0.05, 0) is 31.1 Å². The molecule has 1 atom stereocenters. The minimum Gasteiger partial charge on any atom is -0.0883 e. The third-order valence-electron chi connectivity index (χ3n) is 4.90. The minimum absolute atomic E-state index is 0.784. The van der Waals surface area contributed by atoms with Crippen LogP contribution in [0, 0.1) is 25.7 Å². The molecular formula is C23H44. The van der Waals surface area contributed by atoms with Crippen molar-refractivity contribution in [2.24, 2.45) is 11.8 Å². The Morgan fingerprint density at radius 2 is 1.13 bits per heavy atom. The first-order valence-electron chi connectivity index (χ1n) is 10.5. The van der Waals surface area contributed by atoms with E-state index in [4.69, 9.17) is 0 Å². The van der Waals surface area contributed by atoms with Crippen molar-refractivity contribution in [2.75, 3.05) is 0 Å². The summed E-state index contributed by atoms with van der Waals surface area (Å²) in [5.74, 6) is 1.57. The van der Waals surface area contributed by atoms with Gasteiger partial charge in [0.2, 0.25) is 0 Å². The van der Waals surface area contributed by atoms with E-state index >= 15 is 0 Å². The summed E-state index contributed by atoms with van der Waals surface area (Å²) >= 11 is 0. The lowest BCUT2D eigenvalue weighted by molar-refractivity contribution is 0.414. The predicted octanol–water partition coefficient (Wildman–Crippen LogP) is 8.33. The van der Waals surface area contributed by atoms with E-state index in [0.29, 0.717) is 0 Å². The average molecular weight is 321 g/mol. The molecule has 0 aliphatic heterocycles. The molecule has 0 saturated carbocycles. The van der Waals surface area contributed by atoms with Gasteiger partial charge in [-0.15, -0.1) is 0 Å². The molecule has 0 N–H and O–H groups in total. The van der Waals surface area contributed by atoms with Crippen molar-refractivity contribution in [3.05, 3.63) is 26.0 Å². The Bertz CT molecular complexity index is 238. The monoisotopic (exact) mass is 320 g/mol. The van der Waals surface area contributed by atoms with Crippen molar-refractivity contribution >= 4 is 0 Å². The molecule has 23 heavy (non-hydrogen) atoms. The summed E-state index contributed by atoms with van der Waals surface area (Å²) in [5, 5.41) is 0. The van der Waals surface area contributed by atoms with Gasteiger partial charge in [0.05, 0.1) is 0 Å². The van der Waals surface area contributed by atoms with E-state index in [9.17, 15) is 0 Å². The Kier molecular flexibility index (Phi) is 17.9. The molecule has 1 unspecified atom stereocenters. The van der Waals surface area contributed by atoms with Gasteiger partial charge in [-0.25, -0.2) is 0 Å². The number of allylic oxidation sites excluding steroid dienone is 2. The van der Waals surface area contributed by atoms with E-state index in [1.54, 1.807) is 0 Å². The highest BCUT2D eigenvalue weighted by Crippen LogP contribution is 2.21. The average Bonchev–Trinajstić information content (AvgIpc) is 2.54. The highest BCUT2D eigenvalue weighted by molar-refractivity contribution is 4.89. The summed E-state index contributed by atoms with van der Waals surface area (Å²) in [5.41, 5.74) is 0. The van der Waals surface area contributed by atoms with Gasteiger partial charge in [-0.3, -0.25) is 0 Å². The number of rotatable bonds is 17. The van der Waals surface area contributed by atoms with Crippen molar-refractivity contribution in [3.63, 3.8) is 0 Å². The summed E-state index contributed by atoms with van der Waals surface area (Å²) in [7, 11) is 0. The highest BCUT2D eigenvalue weighted by Gasteiger charge is 2.08. The normalized spacial score (nSPS) is 13.3. The fraction of sp³-hybridized carbons (Fsp3) is 0.826. The molecule has 0 amide bonds. The van der Waals surface area contributed by atoms with Crippen LogP contribution in [0.2, 0.25) is 0 Å². The molecule has 0 rings (SSSR count). The van der Waals surface area contributed by atoms with Crippen LogP contribution in [-0.4, -0.2) is 0 Å². The Balaban J connectivity index is 3.58. The second-order valence-electron chi connectivity index (χ2n) is 7.51. The number of unbranched alkanes of at least 4 members (excludes halogenated alkanes) is 12. The molecule has 0 aliphatic carbocycles. The van der Waals surface area contributed by atoms with Crippen LogP contribution in [0.3, 0.4) is 0 Å². The van der Waals surface area contributed by atoms with Crippen LogP contribution >= 0.6 is 0 Å². The molecule has 136 valence electrons. The molecule has 0 aromatic heterocycles. The molecule has 0 aromatic rings. The Morgan fingerprint density at radius 1 is 0.652 bits per heavy atom. The first-order valence-corrected chi connectivity index (χ1v) is 10.5. The van der Waals surface area contributed by atoms with Crippen molar-refractivity contribution in [1.82, 2.24) is 0 Å². The molecule has 0 nitrogen and oxygen atoms in total. The quantitative estimate of drug-likeness (QED) is 0.186. The van der Waals surface area contributed by atoms with Gasteiger partial charge >= 0.3 is 0 Å². The molecule has 0 heterocycles. The van der Waals surface area contributed by atoms with E-state index in [0.717, 1.165) is 24.7 Å². The van der Waals surface area contributed by atoms with Crippen LogP contribution in [0.15, 0.2) is 12.2 Å². The molecule has 0 fully saturated rings. The zero-order valence-electron chi connectivity index (χ0n) is 16.3. The van der Waals surface area contributed by atoms with Crippen molar-refractivity contribution in [1.29, 1.82) is 0 Å². The number of hydrogen-bond donors (Lipinski definition) is 0. The first kappa shape index (κ1) is 22.7. The summed E-state index contributed by atoms with van der Waals surface area (Å²) in [4.78, 5) is 0. The molecule has 0 saturated heterocycles. The zero-order valence-corrected chi connectivity index (χ0v) is 16.3. The van der Waals surface area contributed by atoms with Gasteiger partial charge in [0, 0.05) is 0 Å². The van der Waals surface area contributed by atoms with E-state index in [1.807, 2.05) is 0 Å². The largest absolute Gasteiger partial charge is 0.0883 e. The lowest BCUT2D eigenvalue weighted by Gasteiger charge is -2.16. The zero-order chi connectivity index (χ0) is 17.2. The van der Waals surface area contributed by atoms with E-state index < -0.39 is 0 Å². The van der Waals surface area contributed by atoms with Crippen molar-refractivity contribution < 1.29 is 0 Å².